The molecular formula is C16H16N2. The predicted molar refractivity (Wildman–Crippen MR) is 77.1 cm³/mol. The minimum absolute atomic E-state index is 0.795. The Bertz CT molecular complexity index is 678. The van der Waals surface area contributed by atoms with E-state index in [1.165, 1.54) is 16.5 Å². The summed E-state index contributed by atoms with van der Waals surface area (Å²) in [5, 5.41) is 1.28. The van der Waals surface area contributed by atoms with Crippen molar-refractivity contribution in [1.29, 1.82) is 0 Å². The van der Waals surface area contributed by atoms with Gasteiger partial charge >= 0.3 is 0 Å². The van der Waals surface area contributed by atoms with Crippen molar-refractivity contribution in [3.8, 4) is 5.69 Å². The van der Waals surface area contributed by atoms with Crippen molar-refractivity contribution in [1.82, 2.24) is 4.57 Å². The molecule has 1 aromatic heterocycles. The van der Waals surface area contributed by atoms with Gasteiger partial charge in [0.25, 0.3) is 0 Å². The largest absolute Gasteiger partial charge is 0.399 e. The van der Waals surface area contributed by atoms with E-state index in [4.69, 9.17) is 5.73 Å². The Labute approximate surface area is 107 Å². The number of hydrogen-bond acceptors (Lipinski definition) is 1. The van der Waals surface area contributed by atoms with Crippen LogP contribution in [0.4, 0.5) is 5.69 Å². The van der Waals surface area contributed by atoms with E-state index in [1.807, 2.05) is 24.3 Å². The summed E-state index contributed by atoms with van der Waals surface area (Å²) in [4.78, 5) is 0. The number of hydrogen-bond donors (Lipinski definition) is 1. The molecule has 0 amide bonds. The van der Waals surface area contributed by atoms with Gasteiger partial charge in [0.2, 0.25) is 0 Å². The summed E-state index contributed by atoms with van der Waals surface area (Å²) in [7, 11) is 0. The first-order chi connectivity index (χ1) is 8.78. The van der Waals surface area contributed by atoms with Crippen LogP contribution in [0.2, 0.25) is 0 Å². The first-order valence-electron chi connectivity index (χ1n) is 6.24. The Morgan fingerprint density at radius 2 is 1.78 bits per heavy atom. The van der Waals surface area contributed by atoms with E-state index in [0.29, 0.717) is 0 Å². The minimum atomic E-state index is 0.795. The second kappa shape index (κ2) is 4.22. The zero-order valence-corrected chi connectivity index (χ0v) is 10.4. The first kappa shape index (κ1) is 10.9. The molecule has 3 aromatic rings. The van der Waals surface area contributed by atoms with Crippen LogP contribution in [0, 0.1) is 0 Å². The Kier molecular flexibility index (Phi) is 2.56. The van der Waals surface area contributed by atoms with Gasteiger partial charge in [0.15, 0.2) is 0 Å². The minimum Gasteiger partial charge on any atom is -0.399 e. The molecule has 0 saturated carbocycles. The molecular weight excluding hydrogens is 220 g/mol. The van der Waals surface area contributed by atoms with Crippen molar-refractivity contribution in [2.45, 2.75) is 13.3 Å². The van der Waals surface area contributed by atoms with Gasteiger partial charge in [-0.3, -0.25) is 0 Å². The molecule has 0 aliphatic heterocycles. The van der Waals surface area contributed by atoms with Gasteiger partial charge in [-0.25, -0.2) is 0 Å². The number of benzene rings is 2. The molecule has 0 aliphatic rings. The summed E-state index contributed by atoms with van der Waals surface area (Å²) in [6.45, 7) is 2.18. The average Bonchev–Trinajstić information content (AvgIpc) is 2.82. The van der Waals surface area contributed by atoms with Crippen molar-refractivity contribution in [3.05, 3.63) is 60.3 Å². The summed E-state index contributed by atoms with van der Waals surface area (Å²) in [5.41, 5.74) is 10.3. The molecule has 90 valence electrons. The third-order valence-electron chi connectivity index (χ3n) is 3.33. The monoisotopic (exact) mass is 236 g/mol. The van der Waals surface area contributed by atoms with Crippen LogP contribution in [0.3, 0.4) is 0 Å². The van der Waals surface area contributed by atoms with E-state index in [2.05, 4.69) is 42.0 Å². The molecule has 1 heterocycles. The fourth-order valence-electron chi connectivity index (χ4n) is 2.27. The quantitative estimate of drug-likeness (QED) is 0.674. The average molecular weight is 236 g/mol. The van der Waals surface area contributed by atoms with Crippen LogP contribution in [0.5, 0.6) is 0 Å². The van der Waals surface area contributed by atoms with Crippen LogP contribution in [-0.2, 0) is 6.42 Å². The third kappa shape index (κ3) is 1.76. The smallest absolute Gasteiger partial charge is 0.0528 e. The van der Waals surface area contributed by atoms with Crippen molar-refractivity contribution in [2.75, 3.05) is 5.73 Å². The predicted octanol–water partition coefficient (Wildman–Crippen LogP) is 3.78. The summed E-state index contributed by atoms with van der Waals surface area (Å²) < 4.78 is 2.19. The summed E-state index contributed by atoms with van der Waals surface area (Å²) in [6.07, 6.45) is 3.18. The second-order valence-corrected chi connectivity index (χ2v) is 4.52. The Morgan fingerprint density at radius 1 is 1.00 bits per heavy atom. The first-order valence-corrected chi connectivity index (χ1v) is 6.24. The molecule has 2 nitrogen and oxygen atoms in total. The number of rotatable bonds is 2. The molecule has 3 rings (SSSR count). The van der Waals surface area contributed by atoms with E-state index < -0.39 is 0 Å². The molecule has 0 bridgehead atoms. The van der Waals surface area contributed by atoms with E-state index in [9.17, 15) is 0 Å². The molecule has 0 spiro atoms. The number of aromatic nitrogens is 1. The van der Waals surface area contributed by atoms with Crippen molar-refractivity contribution in [3.63, 3.8) is 0 Å². The highest BCUT2D eigenvalue weighted by molar-refractivity contribution is 5.82. The lowest BCUT2D eigenvalue weighted by Gasteiger charge is -2.06. The van der Waals surface area contributed by atoms with E-state index >= 15 is 0 Å². The lowest BCUT2D eigenvalue weighted by Crippen LogP contribution is -1.92. The maximum absolute atomic E-state index is 5.72. The summed E-state index contributed by atoms with van der Waals surface area (Å²) in [6, 6.07) is 16.7. The van der Waals surface area contributed by atoms with Crippen molar-refractivity contribution < 1.29 is 0 Å². The summed E-state index contributed by atoms with van der Waals surface area (Å²) >= 11 is 0. The lowest BCUT2D eigenvalue weighted by atomic mass is 10.1. The Hall–Kier alpha value is -2.22. The van der Waals surface area contributed by atoms with Crippen LogP contribution in [-0.4, -0.2) is 4.57 Å². The van der Waals surface area contributed by atoms with Crippen LogP contribution in [0.15, 0.2) is 54.7 Å². The number of nitrogens with zero attached hydrogens (tertiary/aromatic N) is 1. The molecule has 18 heavy (non-hydrogen) atoms. The molecule has 2 aromatic carbocycles. The number of nitrogen functional groups attached to an aromatic ring is 1. The highest BCUT2D eigenvalue weighted by Gasteiger charge is 2.03. The van der Waals surface area contributed by atoms with Crippen LogP contribution in [0.1, 0.15) is 12.5 Å². The highest BCUT2D eigenvalue weighted by atomic mass is 15.0. The van der Waals surface area contributed by atoms with Gasteiger partial charge in [0, 0.05) is 23.0 Å². The van der Waals surface area contributed by atoms with E-state index in [-0.39, 0.29) is 0 Å². The molecule has 0 aliphatic carbocycles. The van der Waals surface area contributed by atoms with Gasteiger partial charge in [-0.1, -0.05) is 13.0 Å². The van der Waals surface area contributed by atoms with Crippen molar-refractivity contribution in [2.24, 2.45) is 0 Å². The van der Waals surface area contributed by atoms with Gasteiger partial charge in [0.05, 0.1) is 5.52 Å². The number of aryl methyl sites for hydroxylation is 1. The molecule has 2 N–H and O–H groups in total. The van der Waals surface area contributed by atoms with Gasteiger partial charge in [-0.2, -0.15) is 0 Å². The third-order valence-corrected chi connectivity index (χ3v) is 3.33. The zero-order valence-electron chi connectivity index (χ0n) is 10.4. The topological polar surface area (TPSA) is 30.9 Å². The van der Waals surface area contributed by atoms with Crippen molar-refractivity contribution >= 4 is 16.6 Å². The second-order valence-electron chi connectivity index (χ2n) is 4.52. The Morgan fingerprint density at radius 3 is 2.50 bits per heavy atom. The molecule has 0 atom stereocenters. The fraction of sp³-hybridized carbons (Fsp3) is 0.125. The molecule has 0 saturated heterocycles. The normalized spacial score (nSPS) is 10.9. The SMILES string of the molecule is CCc1ccc2c(ccn2-c2ccc(N)cc2)c1. The number of nitrogens with two attached hydrogens (primary N) is 1. The van der Waals surface area contributed by atoms with E-state index in [0.717, 1.165) is 17.8 Å². The molecule has 0 fully saturated rings. The van der Waals surface area contributed by atoms with Gasteiger partial charge in [-0.15, -0.1) is 0 Å². The highest BCUT2D eigenvalue weighted by Crippen LogP contribution is 2.22. The van der Waals surface area contributed by atoms with E-state index in [1.54, 1.807) is 0 Å². The van der Waals surface area contributed by atoms with Gasteiger partial charge in [0.1, 0.15) is 0 Å². The summed E-state index contributed by atoms with van der Waals surface area (Å²) in [5.74, 6) is 0. The van der Waals surface area contributed by atoms with Crippen LogP contribution >= 0.6 is 0 Å². The maximum atomic E-state index is 5.72. The van der Waals surface area contributed by atoms with Crippen LogP contribution in [0.25, 0.3) is 16.6 Å². The van der Waals surface area contributed by atoms with Gasteiger partial charge in [-0.05, 0) is 54.4 Å². The lowest BCUT2D eigenvalue weighted by molar-refractivity contribution is 1.12. The molecule has 0 radical (unpaired) electrons. The number of anilines is 1. The van der Waals surface area contributed by atoms with Gasteiger partial charge < -0.3 is 10.3 Å². The molecule has 2 heteroatoms. The zero-order chi connectivity index (χ0) is 12.5. The standard InChI is InChI=1S/C16H16N2/c1-2-12-3-8-16-13(11-12)9-10-18(16)15-6-4-14(17)5-7-15/h3-11H,2,17H2,1H3. The number of fused-ring (bicyclic) bond motifs is 1. The Balaban J connectivity index is 2.15. The maximum Gasteiger partial charge on any atom is 0.0528 e. The molecule has 0 unspecified atom stereocenters. The van der Waals surface area contributed by atoms with Crippen LogP contribution < -0.4 is 5.73 Å². The fourth-order valence-corrected chi connectivity index (χ4v) is 2.27.